The van der Waals surface area contributed by atoms with Crippen LogP contribution < -0.4 is 5.32 Å². The molecular weight excluding hydrogens is 162 g/mol. The number of hydrogen-bond acceptors (Lipinski definition) is 1. The molecule has 0 unspecified atom stereocenters. The van der Waals surface area contributed by atoms with Gasteiger partial charge in [0.05, 0.1) is 0 Å². The van der Waals surface area contributed by atoms with Crippen molar-refractivity contribution in [2.75, 3.05) is 0 Å². The highest BCUT2D eigenvalue weighted by molar-refractivity contribution is 5.48. The summed E-state index contributed by atoms with van der Waals surface area (Å²) < 4.78 is 0. The van der Waals surface area contributed by atoms with E-state index in [1.807, 2.05) is 0 Å². The molecule has 0 bridgehead atoms. The Morgan fingerprint density at radius 1 is 1.23 bits per heavy atom. The Morgan fingerprint density at radius 3 is 2.23 bits per heavy atom. The van der Waals surface area contributed by atoms with Gasteiger partial charge in [0.1, 0.15) is 0 Å². The van der Waals surface area contributed by atoms with E-state index in [4.69, 9.17) is 0 Å². The number of rotatable bonds is 3. The van der Waals surface area contributed by atoms with Crippen molar-refractivity contribution in [3.63, 3.8) is 0 Å². The Bertz CT molecular complexity index is 295. The molecule has 0 heterocycles. The zero-order valence-electron chi connectivity index (χ0n) is 8.27. The molecule has 0 saturated heterocycles. The number of benzene rings is 1. The van der Waals surface area contributed by atoms with Gasteiger partial charge in [0.25, 0.3) is 0 Å². The first-order valence-corrected chi connectivity index (χ1v) is 4.32. The predicted molar refractivity (Wildman–Crippen MR) is 53.2 cm³/mol. The second-order valence-electron chi connectivity index (χ2n) is 3.33. The lowest BCUT2D eigenvalue weighted by Crippen LogP contribution is -2.12. The van der Waals surface area contributed by atoms with Crippen LogP contribution in [0, 0.1) is 20.8 Å². The molecule has 1 aromatic carbocycles. The van der Waals surface area contributed by atoms with Crippen LogP contribution in [0.2, 0.25) is 0 Å². The van der Waals surface area contributed by atoms with E-state index in [1.54, 1.807) is 6.41 Å². The van der Waals surface area contributed by atoms with Gasteiger partial charge in [-0.15, -0.1) is 0 Å². The first kappa shape index (κ1) is 9.78. The minimum Gasteiger partial charge on any atom is -0.344 e. The van der Waals surface area contributed by atoms with E-state index >= 15 is 0 Å². The Balaban J connectivity index is 2.98. The number of nitrogens with one attached hydrogen (secondary N) is 1. The molecule has 0 atom stereocenters. The van der Waals surface area contributed by atoms with Crippen molar-refractivity contribution < 1.29 is 4.79 Å². The van der Waals surface area contributed by atoms with Crippen LogP contribution in [-0.2, 0) is 11.3 Å². The Morgan fingerprint density at radius 2 is 1.77 bits per heavy atom. The Hall–Kier alpha value is -1.31. The SMILES string of the molecule is Cc1cc(C)c(CN[C]=O)c(C)c1. The summed E-state index contributed by atoms with van der Waals surface area (Å²) in [6.45, 7) is 6.76. The molecule has 13 heavy (non-hydrogen) atoms. The molecule has 0 fully saturated rings. The van der Waals surface area contributed by atoms with Crippen LogP contribution in [0.3, 0.4) is 0 Å². The zero-order valence-corrected chi connectivity index (χ0v) is 8.27. The van der Waals surface area contributed by atoms with E-state index in [9.17, 15) is 4.79 Å². The second kappa shape index (κ2) is 4.08. The molecule has 2 nitrogen and oxygen atoms in total. The van der Waals surface area contributed by atoms with Crippen LogP contribution in [0.15, 0.2) is 12.1 Å². The summed E-state index contributed by atoms with van der Waals surface area (Å²) in [7, 11) is 0. The summed E-state index contributed by atoms with van der Waals surface area (Å²) in [5.41, 5.74) is 4.89. The van der Waals surface area contributed by atoms with E-state index in [0.29, 0.717) is 6.54 Å². The Labute approximate surface area is 79.0 Å². The summed E-state index contributed by atoms with van der Waals surface area (Å²) in [5, 5.41) is 2.56. The monoisotopic (exact) mass is 176 g/mol. The fourth-order valence-electron chi connectivity index (χ4n) is 1.61. The number of hydrogen-bond donors (Lipinski definition) is 1. The summed E-state index contributed by atoms with van der Waals surface area (Å²) in [6.07, 6.45) is 1.69. The van der Waals surface area contributed by atoms with Gasteiger partial charge in [-0.1, -0.05) is 17.7 Å². The maximum absolute atomic E-state index is 10.0. The lowest BCUT2D eigenvalue weighted by atomic mass is 10.00. The van der Waals surface area contributed by atoms with E-state index in [1.165, 1.54) is 22.3 Å². The smallest absolute Gasteiger partial charge is 0.309 e. The topological polar surface area (TPSA) is 29.1 Å². The van der Waals surface area contributed by atoms with Crippen molar-refractivity contribution in [3.8, 4) is 0 Å². The van der Waals surface area contributed by atoms with Crippen molar-refractivity contribution in [1.29, 1.82) is 0 Å². The normalized spacial score (nSPS) is 9.77. The number of aryl methyl sites for hydroxylation is 3. The molecule has 1 radical (unpaired) electrons. The highest BCUT2D eigenvalue weighted by Gasteiger charge is 2.02. The third-order valence-electron chi connectivity index (χ3n) is 2.18. The van der Waals surface area contributed by atoms with Gasteiger partial charge < -0.3 is 5.32 Å². The van der Waals surface area contributed by atoms with Crippen LogP contribution in [0.1, 0.15) is 22.3 Å². The second-order valence-corrected chi connectivity index (χ2v) is 3.33. The summed E-state index contributed by atoms with van der Waals surface area (Å²) in [4.78, 5) is 10.0. The molecule has 69 valence electrons. The van der Waals surface area contributed by atoms with Crippen LogP contribution >= 0.6 is 0 Å². The zero-order chi connectivity index (χ0) is 9.84. The first-order chi connectivity index (χ1) is 6.15. The maximum atomic E-state index is 10.0. The Kier molecular flexibility index (Phi) is 3.07. The van der Waals surface area contributed by atoms with Gasteiger partial charge in [-0.2, -0.15) is 0 Å². The van der Waals surface area contributed by atoms with E-state index in [0.717, 1.165) is 0 Å². The van der Waals surface area contributed by atoms with Crippen molar-refractivity contribution in [2.24, 2.45) is 0 Å². The fraction of sp³-hybridized carbons (Fsp3) is 0.364. The lowest BCUT2D eigenvalue weighted by molar-refractivity contribution is 0.541. The average Bonchev–Trinajstić information content (AvgIpc) is 2.02. The molecule has 0 aliphatic rings. The van der Waals surface area contributed by atoms with E-state index in [2.05, 4.69) is 38.2 Å². The lowest BCUT2D eigenvalue weighted by Gasteiger charge is -2.09. The molecule has 2 heteroatoms. The van der Waals surface area contributed by atoms with Gasteiger partial charge in [-0.05, 0) is 37.5 Å². The summed E-state index contributed by atoms with van der Waals surface area (Å²) >= 11 is 0. The first-order valence-electron chi connectivity index (χ1n) is 4.32. The molecule has 1 aromatic rings. The standard InChI is InChI=1S/C11H14NO/c1-8-4-9(2)11(6-12-7-13)10(3)5-8/h4-5H,6H2,1-3H3,(H,12,13). The quantitative estimate of drug-likeness (QED) is 0.699. The number of amides is 1. The van der Waals surface area contributed by atoms with Crippen molar-refractivity contribution in [2.45, 2.75) is 27.3 Å². The van der Waals surface area contributed by atoms with Gasteiger partial charge in [0, 0.05) is 6.54 Å². The van der Waals surface area contributed by atoms with Crippen LogP contribution in [0.5, 0.6) is 0 Å². The molecule has 1 rings (SSSR count). The highest BCUT2D eigenvalue weighted by atomic mass is 16.1. The molecule has 1 amide bonds. The van der Waals surface area contributed by atoms with Crippen LogP contribution in [-0.4, -0.2) is 6.41 Å². The van der Waals surface area contributed by atoms with Gasteiger partial charge in [-0.25, -0.2) is 0 Å². The minimum atomic E-state index is 0.571. The average molecular weight is 176 g/mol. The van der Waals surface area contributed by atoms with Crippen molar-refractivity contribution >= 4 is 6.41 Å². The molecule has 0 aromatic heterocycles. The summed E-state index contributed by atoms with van der Waals surface area (Å²) in [6, 6.07) is 4.24. The summed E-state index contributed by atoms with van der Waals surface area (Å²) in [5.74, 6) is 0. The highest BCUT2D eigenvalue weighted by Crippen LogP contribution is 2.15. The van der Waals surface area contributed by atoms with Crippen molar-refractivity contribution in [3.05, 3.63) is 34.4 Å². The van der Waals surface area contributed by atoms with Crippen LogP contribution in [0.4, 0.5) is 0 Å². The molecule has 0 saturated carbocycles. The third-order valence-corrected chi connectivity index (χ3v) is 2.18. The molecule has 0 aliphatic carbocycles. The maximum Gasteiger partial charge on any atom is 0.309 e. The minimum absolute atomic E-state index is 0.571. The molecule has 0 aliphatic heterocycles. The largest absolute Gasteiger partial charge is 0.344 e. The van der Waals surface area contributed by atoms with Crippen LogP contribution in [0.25, 0.3) is 0 Å². The van der Waals surface area contributed by atoms with Gasteiger partial charge in [0.2, 0.25) is 0 Å². The van der Waals surface area contributed by atoms with Crippen molar-refractivity contribution in [1.82, 2.24) is 5.32 Å². The fourth-order valence-corrected chi connectivity index (χ4v) is 1.61. The molecular formula is C11H14NO. The predicted octanol–water partition coefficient (Wildman–Crippen LogP) is 1.77. The van der Waals surface area contributed by atoms with Gasteiger partial charge in [-0.3, -0.25) is 4.79 Å². The van der Waals surface area contributed by atoms with Gasteiger partial charge in [0.15, 0.2) is 0 Å². The van der Waals surface area contributed by atoms with E-state index < -0.39 is 0 Å². The van der Waals surface area contributed by atoms with E-state index in [-0.39, 0.29) is 0 Å². The third kappa shape index (κ3) is 2.31. The molecule has 1 N–H and O–H groups in total. The molecule has 0 spiro atoms. The number of carbonyl (C=O) groups excluding carboxylic acids is 1. The van der Waals surface area contributed by atoms with Gasteiger partial charge >= 0.3 is 6.41 Å².